The smallest absolute Gasteiger partial charge is 0.251 e. The van der Waals surface area contributed by atoms with E-state index < -0.39 is 12.5 Å². The van der Waals surface area contributed by atoms with E-state index in [2.05, 4.69) is 15.5 Å². The minimum Gasteiger partial charge on any atom is -0.387 e. The van der Waals surface area contributed by atoms with Gasteiger partial charge in [0.05, 0.1) is 0 Å². The van der Waals surface area contributed by atoms with Crippen molar-refractivity contribution in [2.24, 2.45) is 0 Å². The molecule has 0 atom stereocenters. The molecule has 0 fully saturated rings. The third-order valence-electron chi connectivity index (χ3n) is 0.750. The van der Waals surface area contributed by atoms with Gasteiger partial charge < -0.3 is 5.11 Å². The Labute approximate surface area is 60.7 Å². The fourth-order valence-corrected chi connectivity index (χ4v) is 0.847. The molecule has 0 aliphatic carbocycles. The van der Waals surface area contributed by atoms with Crippen molar-refractivity contribution in [1.29, 1.82) is 0 Å². The fourth-order valence-electron chi connectivity index (χ4n) is 0.386. The van der Waals surface area contributed by atoms with E-state index in [1.165, 1.54) is 16.8 Å². The number of amides is 1. The summed E-state index contributed by atoms with van der Waals surface area (Å²) in [4.78, 5) is 10.5. The molecule has 0 spiro atoms. The van der Waals surface area contributed by atoms with E-state index in [9.17, 15) is 4.79 Å². The average Bonchev–Trinajstić information content (AvgIpc) is 2.40. The molecule has 0 saturated heterocycles. The van der Waals surface area contributed by atoms with Crippen molar-refractivity contribution >= 4 is 22.4 Å². The van der Waals surface area contributed by atoms with Crippen LogP contribution in [0.1, 0.15) is 0 Å². The van der Waals surface area contributed by atoms with Crippen molar-refractivity contribution in [2.75, 3.05) is 11.9 Å². The van der Waals surface area contributed by atoms with Crippen LogP contribution in [-0.4, -0.2) is 27.8 Å². The van der Waals surface area contributed by atoms with Gasteiger partial charge in [-0.1, -0.05) is 11.3 Å². The Morgan fingerprint density at radius 3 is 3.20 bits per heavy atom. The molecule has 54 valence electrons. The van der Waals surface area contributed by atoms with Crippen LogP contribution >= 0.6 is 11.3 Å². The second kappa shape index (κ2) is 3.23. The molecule has 0 bridgehead atoms. The predicted molar refractivity (Wildman–Crippen MR) is 35.6 cm³/mol. The molecule has 0 aliphatic heterocycles. The highest BCUT2D eigenvalue weighted by atomic mass is 32.1. The second-order valence-corrected chi connectivity index (χ2v) is 2.28. The first-order valence-corrected chi connectivity index (χ1v) is 3.38. The Hall–Kier alpha value is -1.01. The van der Waals surface area contributed by atoms with Crippen molar-refractivity contribution in [2.45, 2.75) is 0 Å². The minimum atomic E-state index is -0.528. The van der Waals surface area contributed by atoms with Crippen LogP contribution in [-0.2, 0) is 4.79 Å². The first kappa shape index (κ1) is 7.10. The first-order valence-electron chi connectivity index (χ1n) is 2.50. The van der Waals surface area contributed by atoms with Crippen LogP contribution in [0.25, 0.3) is 0 Å². The fraction of sp³-hybridized carbons (Fsp3) is 0.250. The summed E-state index contributed by atoms with van der Waals surface area (Å²) in [5, 5.41) is 18.0. The van der Waals surface area contributed by atoms with Crippen molar-refractivity contribution in [3.05, 3.63) is 5.51 Å². The number of rotatable bonds is 2. The topological polar surface area (TPSA) is 75.1 Å². The quantitative estimate of drug-likeness (QED) is 0.608. The molecule has 6 heteroatoms. The van der Waals surface area contributed by atoms with E-state index >= 15 is 0 Å². The molecule has 10 heavy (non-hydrogen) atoms. The number of carbonyl (C=O) groups is 1. The Kier molecular flexibility index (Phi) is 2.30. The highest BCUT2D eigenvalue weighted by molar-refractivity contribution is 7.13. The molecule has 1 aromatic heterocycles. The summed E-state index contributed by atoms with van der Waals surface area (Å²) in [7, 11) is 0. The number of aliphatic hydroxyl groups excluding tert-OH is 1. The lowest BCUT2D eigenvalue weighted by molar-refractivity contribution is -0.118. The molecule has 0 aliphatic rings. The van der Waals surface area contributed by atoms with Gasteiger partial charge in [-0.15, -0.1) is 10.2 Å². The zero-order valence-electron chi connectivity index (χ0n) is 4.94. The van der Waals surface area contributed by atoms with Crippen LogP contribution in [0, 0.1) is 0 Å². The summed E-state index contributed by atoms with van der Waals surface area (Å²) in [5.41, 5.74) is 1.49. The molecular formula is C4H5N3O2S. The number of nitrogens with zero attached hydrogens (tertiary/aromatic N) is 2. The molecular weight excluding hydrogens is 154 g/mol. The van der Waals surface area contributed by atoms with Crippen molar-refractivity contribution in [1.82, 2.24) is 10.2 Å². The number of nitrogens with one attached hydrogen (secondary N) is 1. The molecule has 1 amide bonds. The molecule has 5 nitrogen and oxygen atoms in total. The highest BCUT2D eigenvalue weighted by Gasteiger charge is 2.00. The number of anilines is 1. The zero-order chi connectivity index (χ0) is 7.40. The Morgan fingerprint density at radius 1 is 1.90 bits per heavy atom. The summed E-state index contributed by atoms with van der Waals surface area (Å²) in [6.45, 7) is -0.528. The van der Waals surface area contributed by atoms with Gasteiger partial charge in [-0.05, 0) is 0 Å². The Bertz CT molecular complexity index is 210. The van der Waals surface area contributed by atoms with E-state index in [-0.39, 0.29) is 0 Å². The molecule has 0 aromatic carbocycles. The largest absolute Gasteiger partial charge is 0.387 e. The van der Waals surface area contributed by atoms with Gasteiger partial charge in [-0.3, -0.25) is 10.1 Å². The van der Waals surface area contributed by atoms with Gasteiger partial charge >= 0.3 is 0 Å². The van der Waals surface area contributed by atoms with Crippen molar-refractivity contribution in [3.63, 3.8) is 0 Å². The summed E-state index contributed by atoms with van der Waals surface area (Å²) in [6.07, 6.45) is 0. The standard InChI is InChI=1S/C4H5N3O2S/c8-1-3(9)6-4-7-5-2-10-4/h2,8H,1H2,(H,6,7,9). The summed E-state index contributed by atoms with van der Waals surface area (Å²) in [6, 6.07) is 0. The normalized spacial score (nSPS) is 9.30. The van der Waals surface area contributed by atoms with Crippen LogP contribution in [0.15, 0.2) is 5.51 Å². The van der Waals surface area contributed by atoms with Crippen molar-refractivity contribution in [3.8, 4) is 0 Å². The maximum Gasteiger partial charge on any atom is 0.251 e. The van der Waals surface area contributed by atoms with E-state index in [4.69, 9.17) is 5.11 Å². The van der Waals surface area contributed by atoms with Gasteiger partial charge in [-0.2, -0.15) is 0 Å². The van der Waals surface area contributed by atoms with Crippen LogP contribution in [0.5, 0.6) is 0 Å². The van der Waals surface area contributed by atoms with Crippen LogP contribution in [0.3, 0.4) is 0 Å². The zero-order valence-corrected chi connectivity index (χ0v) is 5.76. The number of hydrogen-bond donors (Lipinski definition) is 2. The second-order valence-electron chi connectivity index (χ2n) is 1.45. The number of carbonyl (C=O) groups excluding carboxylic acids is 1. The average molecular weight is 159 g/mol. The molecule has 1 heterocycles. The highest BCUT2D eigenvalue weighted by Crippen LogP contribution is 2.06. The van der Waals surface area contributed by atoms with E-state index in [1.54, 1.807) is 0 Å². The number of aromatic nitrogens is 2. The number of hydrogen-bond acceptors (Lipinski definition) is 5. The van der Waals surface area contributed by atoms with Gasteiger partial charge in [-0.25, -0.2) is 0 Å². The lowest BCUT2D eigenvalue weighted by atomic mass is 10.7. The van der Waals surface area contributed by atoms with Crippen molar-refractivity contribution < 1.29 is 9.90 Å². The van der Waals surface area contributed by atoms with E-state index in [0.29, 0.717) is 5.13 Å². The molecule has 2 N–H and O–H groups in total. The predicted octanol–water partition coefficient (Wildman–Crippen LogP) is -0.531. The van der Waals surface area contributed by atoms with Gasteiger partial charge in [0.1, 0.15) is 12.1 Å². The minimum absolute atomic E-state index is 0.402. The Morgan fingerprint density at radius 2 is 2.70 bits per heavy atom. The monoisotopic (exact) mass is 159 g/mol. The number of aliphatic hydroxyl groups is 1. The lowest BCUT2D eigenvalue weighted by Crippen LogP contribution is -2.15. The van der Waals surface area contributed by atoms with Gasteiger partial charge in [0.25, 0.3) is 5.91 Å². The lowest BCUT2D eigenvalue weighted by Gasteiger charge is -1.93. The van der Waals surface area contributed by atoms with E-state index in [1.807, 2.05) is 0 Å². The third-order valence-corrected chi connectivity index (χ3v) is 1.36. The summed E-state index contributed by atoms with van der Waals surface area (Å²) in [5.74, 6) is -0.475. The molecule has 0 radical (unpaired) electrons. The molecule has 1 rings (SSSR count). The van der Waals surface area contributed by atoms with E-state index in [0.717, 1.165) is 0 Å². The maximum atomic E-state index is 10.5. The first-order chi connectivity index (χ1) is 4.83. The van der Waals surface area contributed by atoms with Crippen LogP contribution < -0.4 is 5.32 Å². The molecule has 0 saturated carbocycles. The van der Waals surface area contributed by atoms with Gasteiger partial charge in [0.15, 0.2) is 0 Å². The van der Waals surface area contributed by atoms with Crippen LogP contribution in [0.2, 0.25) is 0 Å². The SMILES string of the molecule is O=C(CO)Nc1nncs1. The molecule has 0 unspecified atom stereocenters. The molecule has 1 aromatic rings. The van der Waals surface area contributed by atoms with Crippen LogP contribution in [0.4, 0.5) is 5.13 Å². The summed E-state index contributed by atoms with van der Waals surface area (Å²) < 4.78 is 0. The summed E-state index contributed by atoms with van der Waals surface area (Å²) >= 11 is 1.20. The third kappa shape index (κ3) is 1.74. The van der Waals surface area contributed by atoms with Gasteiger partial charge in [0.2, 0.25) is 5.13 Å². The van der Waals surface area contributed by atoms with Gasteiger partial charge in [0, 0.05) is 0 Å². The Balaban J connectivity index is 2.48. The maximum absolute atomic E-state index is 10.5.